The fourth-order valence-corrected chi connectivity index (χ4v) is 2.50. The van der Waals surface area contributed by atoms with Crippen molar-refractivity contribution in [3.05, 3.63) is 17.8 Å². The zero-order valence-corrected chi connectivity index (χ0v) is 10.8. The van der Waals surface area contributed by atoms with Crippen molar-refractivity contribution < 1.29 is 4.74 Å². The van der Waals surface area contributed by atoms with E-state index in [-0.39, 0.29) is 0 Å². The van der Waals surface area contributed by atoms with E-state index in [1.807, 2.05) is 19.1 Å². The van der Waals surface area contributed by atoms with Crippen molar-refractivity contribution >= 4 is 5.82 Å². The smallest absolute Gasteiger partial charge is 0.166 e. The molecule has 0 saturated heterocycles. The molecule has 3 heteroatoms. The van der Waals surface area contributed by atoms with Crippen molar-refractivity contribution in [1.82, 2.24) is 4.98 Å². The van der Waals surface area contributed by atoms with Crippen molar-refractivity contribution in [2.24, 2.45) is 5.92 Å². The molecule has 1 aromatic rings. The highest BCUT2D eigenvalue weighted by atomic mass is 16.5. The number of nitrogen functional groups attached to an aromatic ring is 1. The second kappa shape index (κ2) is 5.39. The molecule has 1 aromatic heterocycles. The Morgan fingerprint density at radius 2 is 2.00 bits per heavy atom. The summed E-state index contributed by atoms with van der Waals surface area (Å²) in [7, 11) is 0. The van der Waals surface area contributed by atoms with Gasteiger partial charge in [-0.15, -0.1) is 0 Å². The number of ether oxygens (including phenoxy) is 1. The van der Waals surface area contributed by atoms with Crippen molar-refractivity contribution in [3.63, 3.8) is 0 Å². The van der Waals surface area contributed by atoms with Gasteiger partial charge in [0.05, 0.1) is 6.10 Å². The average molecular weight is 234 g/mol. The maximum Gasteiger partial charge on any atom is 0.166 e. The lowest BCUT2D eigenvalue weighted by molar-refractivity contribution is 0.130. The molecule has 0 unspecified atom stereocenters. The lowest BCUT2D eigenvalue weighted by atomic mass is 9.86. The Kier molecular flexibility index (Phi) is 3.87. The van der Waals surface area contributed by atoms with E-state index < -0.39 is 0 Å². The minimum absolute atomic E-state index is 0.324. The fourth-order valence-electron chi connectivity index (χ4n) is 2.50. The van der Waals surface area contributed by atoms with E-state index in [4.69, 9.17) is 10.5 Å². The van der Waals surface area contributed by atoms with Crippen LogP contribution >= 0.6 is 0 Å². The minimum Gasteiger partial charge on any atom is -0.487 e. The summed E-state index contributed by atoms with van der Waals surface area (Å²) in [5, 5.41) is 0. The van der Waals surface area contributed by atoms with Gasteiger partial charge in [0.15, 0.2) is 11.6 Å². The van der Waals surface area contributed by atoms with Crippen molar-refractivity contribution in [2.75, 3.05) is 5.73 Å². The molecule has 1 saturated carbocycles. The fraction of sp³-hybridized carbons (Fsp3) is 0.643. The van der Waals surface area contributed by atoms with Crippen LogP contribution in [0.25, 0.3) is 0 Å². The number of hydrogen-bond donors (Lipinski definition) is 1. The SMILES string of the molecule is CCC1CCC(Oc2ccc(C)nc2N)CC1. The largest absolute Gasteiger partial charge is 0.487 e. The molecule has 2 N–H and O–H groups in total. The zero-order valence-electron chi connectivity index (χ0n) is 10.8. The summed E-state index contributed by atoms with van der Waals surface area (Å²) >= 11 is 0. The van der Waals surface area contributed by atoms with E-state index in [0.717, 1.165) is 30.2 Å². The molecule has 0 aliphatic heterocycles. The van der Waals surface area contributed by atoms with Gasteiger partial charge in [0.1, 0.15) is 0 Å². The molecule has 2 rings (SSSR count). The lowest BCUT2D eigenvalue weighted by Crippen LogP contribution is -2.24. The molecule has 0 aromatic carbocycles. The van der Waals surface area contributed by atoms with Crippen LogP contribution in [0.2, 0.25) is 0 Å². The average Bonchev–Trinajstić information content (AvgIpc) is 2.34. The van der Waals surface area contributed by atoms with Gasteiger partial charge in [-0.3, -0.25) is 0 Å². The molecule has 0 bridgehead atoms. The quantitative estimate of drug-likeness (QED) is 0.872. The second-order valence-electron chi connectivity index (χ2n) is 5.00. The van der Waals surface area contributed by atoms with Crippen LogP contribution in [0.15, 0.2) is 12.1 Å². The highest BCUT2D eigenvalue weighted by molar-refractivity contribution is 5.46. The van der Waals surface area contributed by atoms with Crippen molar-refractivity contribution in [1.29, 1.82) is 0 Å². The second-order valence-corrected chi connectivity index (χ2v) is 5.00. The van der Waals surface area contributed by atoms with E-state index in [2.05, 4.69) is 11.9 Å². The van der Waals surface area contributed by atoms with Gasteiger partial charge in [0.2, 0.25) is 0 Å². The van der Waals surface area contributed by atoms with Crippen LogP contribution in [-0.2, 0) is 0 Å². The van der Waals surface area contributed by atoms with Gasteiger partial charge in [-0.2, -0.15) is 0 Å². The molecule has 1 aliphatic rings. The Labute approximate surface area is 103 Å². The third kappa shape index (κ3) is 3.11. The first-order valence-electron chi connectivity index (χ1n) is 6.58. The van der Waals surface area contributed by atoms with Crippen LogP contribution in [0, 0.1) is 12.8 Å². The molecule has 0 atom stereocenters. The standard InChI is InChI=1S/C14H22N2O/c1-3-11-5-7-12(8-6-11)17-13-9-4-10(2)16-14(13)15/h4,9,11-12H,3,5-8H2,1-2H3,(H2,15,16). The first kappa shape index (κ1) is 12.2. The van der Waals surface area contributed by atoms with Crippen LogP contribution < -0.4 is 10.5 Å². The monoisotopic (exact) mass is 234 g/mol. The summed E-state index contributed by atoms with van der Waals surface area (Å²) in [6.45, 7) is 4.21. The van der Waals surface area contributed by atoms with Crippen LogP contribution in [0.3, 0.4) is 0 Å². The molecule has 0 amide bonds. The number of nitrogens with zero attached hydrogens (tertiary/aromatic N) is 1. The molecule has 17 heavy (non-hydrogen) atoms. The number of hydrogen-bond acceptors (Lipinski definition) is 3. The Balaban J connectivity index is 1.93. The molecule has 94 valence electrons. The molecular formula is C14H22N2O. The predicted octanol–water partition coefficient (Wildman–Crippen LogP) is 3.32. The number of nitrogens with two attached hydrogens (primary N) is 1. The van der Waals surface area contributed by atoms with E-state index in [0.29, 0.717) is 11.9 Å². The molecule has 1 heterocycles. The van der Waals surface area contributed by atoms with Gasteiger partial charge in [0.25, 0.3) is 0 Å². The molecule has 1 fully saturated rings. The van der Waals surface area contributed by atoms with E-state index in [1.54, 1.807) is 0 Å². The maximum atomic E-state index is 5.95. The number of anilines is 1. The van der Waals surface area contributed by atoms with Crippen LogP contribution in [0.4, 0.5) is 5.82 Å². The lowest BCUT2D eigenvalue weighted by Gasteiger charge is -2.28. The maximum absolute atomic E-state index is 5.95. The summed E-state index contributed by atoms with van der Waals surface area (Å²) in [6.07, 6.45) is 6.46. The summed E-state index contributed by atoms with van der Waals surface area (Å²) in [6, 6.07) is 3.88. The van der Waals surface area contributed by atoms with Crippen LogP contribution in [0.5, 0.6) is 5.75 Å². The third-order valence-electron chi connectivity index (χ3n) is 3.69. The topological polar surface area (TPSA) is 48.1 Å². The first-order valence-corrected chi connectivity index (χ1v) is 6.58. The van der Waals surface area contributed by atoms with E-state index in [1.165, 1.54) is 19.3 Å². The van der Waals surface area contributed by atoms with Gasteiger partial charge in [-0.1, -0.05) is 13.3 Å². The molecule has 0 spiro atoms. The highest BCUT2D eigenvalue weighted by Gasteiger charge is 2.21. The van der Waals surface area contributed by atoms with Crippen molar-refractivity contribution in [3.8, 4) is 5.75 Å². The van der Waals surface area contributed by atoms with Gasteiger partial charge in [0, 0.05) is 5.69 Å². The number of rotatable bonds is 3. The Morgan fingerprint density at radius 1 is 1.29 bits per heavy atom. The summed E-state index contributed by atoms with van der Waals surface area (Å²) in [5.74, 6) is 2.15. The van der Waals surface area contributed by atoms with Gasteiger partial charge < -0.3 is 10.5 Å². The number of pyridine rings is 1. The third-order valence-corrected chi connectivity index (χ3v) is 3.69. The molecular weight excluding hydrogens is 212 g/mol. The van der Waals surface area contributed by atoms with E-state index >= 15 is 0 Å². The normalized spacial score (nSPS) is 24.6. The van der Waals surface area contributed by atoms with Crippen LogP contribution in [-0.4, -0.2) is 11.1 Å². The van der Waals surface area contributed by atoms with Gasteiger partial charge in [-0.05, 0) is 50.7 Å². The predicted molar refractivity (Wildman–Crippen MR) is 70.1 cm³/mol. The Morgan fingerprint density at radius 3 is 2.59 bits per heavy atom. The first-order chi connectivity index (χ1) is 8.19. The minimum atomic E-state index is 0.324. The summed E-state index contributed by atoms with van der Waals surface area (Å²) in [5.41, 5.74) is 6.79. The van der Waals surface area contributed by atoms with Crippen LogP contribution in [0.1, 0.15) is 44.7 Å². The highest BCUT2D eigenvalue weighted by Crippen LogP contribution is 2.30. The Hall–Kier alpha value is -1.25. The molecule has 0 radical (unpaired) electrons. The molecule has 3 nitrogen and oxygen atoms in total. The Bertz CT molecular complexity index is 370. The van der Waals surface area contributed by atoms with Gasteiger partial charge >= 0.3 is 0 Å². The molecule has 1 aliphatic carbocycles. The number of aromatic nitrogens is 1. The zero-order chi connectivity index (χ0) is 12.3. The summed E-state index contributed by atoms with van der Waals surface area (Å²) < 4.78 is 5.95. The van der Waals surface area contributed by atoms with Crippen molar-refractivity contribution in [2.45, 2.75) is 52.1 Å². The number of aryl methyl sites for hydroxylation is 1. The summed E-state index contributed by atoms with van der Waals surface area (Å²) in [4.78, 5) is 4.22. The van der Waals surface area contributed by atoms with Gasteiger partial charge in [-0.25, -0.2) is 4.98 Å². The van der Waals surface area contributed by atoms with E-state index in [9.17, 15) is 0 Å².